The number of hydrogen-bond acceptors (Lipinski definition) is 1. The monoisotopic (exact) mass is 265 g/mol. The van der Waals surface area contributed by atoms with Crippen LogP contribution in [-0.2, 0) is 6.54 Å². The fourth-order valence-electron chi connectivity index (χ4n) is 1.62. The first-order valence-corrected chi connectivity index (χ1v) is 5.85. The molecular weight excluding hydrogens is 251 g/mol. The molecule has 0 aliphatic heterocycles. The Hall–Kier alpha value is -0.740. The molecule has 0 heterocycles. The van der Waals surface area contributed by atoms with E-state index in [1.165, 1.54) is 4.90 Å². The van der Waals surface area contributed by atoms with E-state index in [1.54, 1.807) is 0 Å². The smallest absolute Gasteiger partial charge is 0.289 e. The zero-order valence-electron chi connectivity index (χ0n) is 9.60. The Balaban J connectivity index is 2.70. The predicted octanol–water partition coefficient (Wildman–Crippen LogP) is 3.60. The number of benzene rings is 1. The summed E-state index contributed by atoms with van der Waals surface area (Å²) in [5.41, 5.74) is 1.90. The summed E-state index contributed by atoms with van der Waals surface area (Å²) in [5, 5.41) is 0. The SMILES string of the molecule is Cc1ccccc1CN(CCCl)CC(F)(F)F. The van der Waals surface area contributed by atoms with Gasteiger partial charge in [-0.15, -0.1) is 11.6 Å². The van der Waals surface area contributed by atoms with Crippen LogP contribution < -0.4 is 0 Å². The van der Waals surface area contributed by atoms with E-state index < -0.39 is 12.7 Å². The quantitative estimate of drug-likeness (QED) is 0.736. The molecule has 0 saturated heterocycles. The van der Waals surface area contributed by atoms with Gasteiger partial charge in [0.15, 0.2) is 0 Å². The highest BCUT2D eigenvalue weighted by Gasteiger charge is 2.30. The minimum absolute atomic E-state index is 0.196. The summed E-state index contributed by atoms with van der Waals surface area (Å²) < 4.78 is 37.0. The maximum atomic E-state index is 12.3. The second kappa shape index (κ2) is 6.26. The lowest BCUT2D eigenvalue weighted by Crippen LogP contribution is -2.35. The normalized spacial score (nSPS) is 12.1. The molecule has 0 unspecified atom stereocenters. The Morgan fingerprint density at radius 2 is 1.88 bits per heavy atom. The van der Waals surface area contributed by atoms with Crippen molar-refractivity contribution in [3.8, 4) is 0 Å². The summed E-state index contributed by atoms with van der Waals surface area (Å²) in [4.78, 5) is 1.31. The molecule has 17 heavy (non-hydrogen) atoms. The van der Waals surface area contributed by atoms with Crippen LogP contribution in [0.25, 0.3) is 0 Å². The van der Waals surface area contributed by atoms with Crippen molar-refractivity contribution in [2.75, 3.05) is 19.0 Å². The molecule has 0 atom stereocenters. The first-order valence-electron chi connectivity index (χ1n) is 5.32. The minimum atomic E-state index is -4.19. The summed E-state index contributed by atoms with van der Waals surface area (Å²) in [6.45, 7) is 1.48. The Morgan fingerprint density at radius 1 is 1.24 bits per heavy atom. The number of halogens is 4. The predicted molar refractivity (Wildman–Crippen MR) is 63.2 cm³/mol. The van der Waals surface area contributed by atoms with Gasteiger partial charge in [-0.25, -0.2) is 0 Å². The van der Waals surface area contributed by atoms with E-state index in [1.807, 2.05) is 31.2 Å². The van der Waals surface area contributed by atoms with E-state index in [-0.39, 0.29) is 19.0 Å². The van der Waals surface area contributed by atoms with Crippen LogP contribution in [0, 0.1) is 6.92 Å². The molecule has 0 N–H and O–H groups in total. The highest BCUT2D eigenvalue weighted by atomic mass is 35.5. The van der Waals surface area contributed by atoms with Gasteiger partial charge in [-0.3, -0.25) is 4.90 Å². The average Bonchev–Trinajstić information content (AvgIpc) is 2.19. The van der Waals surface area contributed by atoms with Crippen LogP contribution in [-0.4, -0.2) is 30.0 Å². The minimum Gasteiger partial charge on any atom is -0.289 e. The lowest BCUT2D eigenvalue weighted by atomic mass is 10.1. The van der Waals surface area contributed by atoms with E-state index >= 15 is 0 Å². The van der Waals surface area contributed by atoms with Crippen molar-refractivity contribution in [1.29, 1.82) is 0 Å². The number of aryl methyl sites for hydroxylation is 1. The van der Waals surface area contributed by atoms with Gasteiger partial charge in [0.05, 0.1) is 6.54 Å². The summed E-state index contributed by atoms with van der Waals surface area (Å²) >= 11 is 5.52. The molecule has 0 aliphatic carbocycles. The molecule has 0 radical (unpaired) electrons. The number of nitrogens with zero attached hydrogens (tertiary/aromatic N) is 1. The largest absolute Gasteiger partial charge is 0.401 e. The maximum Gasteiger partial charge on any atom is 0.401 e. The van der Waals surface area contributed by atoms with Crippen LogP contribution in [0.15, 0.2) is 24.3 Å². The van der Waals surface area contributed by atoms with Crippen molar-refractivity contribution in [3.05, 3.63) is 35.4 Å². The average molecular weight is 266 g/mol. The van der Waals surface area contributed by atoms with Gasteiger partial charge in [-0.1, -0.05) is 24.3 Å². The van der Waals surface area contributed by atoms with Gasteiger partial charge < -0.3 is 0 Å². The molecule has 1 aromatic carbocycles. The van der Waals surface area contributed by atoms with Crippen molar-refractivity contribution in [2.24, 2.45) is 0 Å². The van der Waals surface area contributed by atoms with Crippen molar-refractivity contribution in [1.82, 2.24) is 4.90 Å². The van der Waals surface area contributed by atoms with Gasteiger partial charge in [0, 0.05) is 19.0 Å². The second-order valence-corrected chi connectivity index (χ2v) is 4.32. The molecular formula is C12H15ClF3N. The summed E-state index contributed by atoms with van der Waals surface area (Å²) in [7, 11) is 0. The van der Waals surface area contributed by atoms with E-state index in [4.69, 9.17) is 11.6 Å². The van der Waals surface area contributed by atoms with Crippen LogP contribution in [0.1, 0.15) is 11.1 Å². The van der Waals surface area contributed by atoms with Crippen LogP contribution >= 0.6 is 11.6 Å². The third-order valence-corrected chi connectivity index (χ3v) is 2.63. The molecule has 1 aromatic rings. The maximum absolute atomic E-state index is 12.3. The third kappa shape index (κ3) is 5.41. The van der Waals surface area contributed by atoms with Gasteiger partial charge >= 0.3 is 6.18 Å². The Bertz CT molecular complexity index is 352. The zero-order valence-corrected chi connectivity index (χ0v) is 10.4. The summed E-state index contributed by atoms with van der Waals surface area (Å²) in [5.74, 6) is 0.196. The molecule has 0 saturated carbocycles. The summed E-state index contributed by atoms with van der Waals surface area (Å²) in [6, 6.07) is 7.43. The summed E-state index contributed by atoms with van der Waals surface area (Å²) in [6.07, 6.45) is -4.19. The van der Waals surface area contributed by atoms with E-state index in [0.29, 0.717) is 0 Å². The topological polar surface area (TPSA) is 3.24 Å². The lowest BCUT2D eigenvalue weighted by molar-refractivity contribution is -0.146. The molecule has 0 aliphatic rings. The molecule has 5 heteroatoms. The van der Waals surface area contributed by atoms with Crippen molar-refractivity contribution < 1.29 is 13.2 Å². The lowest BCUT2D eigenvalue weighted by Gasteiger charge is -2.23. The Morgan fingerprint density at radius 3 is 2.41 bits per heavy atom. The van der Waals surface area contributed by atoms with Crippen molar-refractivity contribution >= 4 is 11.6 Å². The molecule has 0 fully saturated rings. The first-order chi connectivity index (χ1) is 7.92. The van der Waals surface area contributed by atoms with E-state index in [2.05, 4.69) is 0 Å². The second-order valence-electron chi connectivity index (χ2n) is 3.94. The van der Waals surface area contributed by atoms with Gasteiger partial charge in [0.1, 0.15) is 0 Å². The van der Waals surface area contributed by atoms with Gasteiger partial charge in [-0.2, -0.15) is 13.2 Å². The van der Waals surface area contributed by atoms with E-state index in [0.717, 1.165) is 11.1 Å². The molecule has 0 amide bonds. The molecule has 0 aromatic heterocycles. The first kappa shape index (κ1) is 14.3. The number of rotatable bonds is 5. The van der Waals surface area contributed by atoms with Crippen LogP contribution in [0.5, 0.6) is 0 Å². The van der Waals surface area contributed by atoms with Crippen LogP contribution in [0.3, 0.4) is 0 Å². The fourth-order valence-corrected chi connectivity index (χ4v) is 1.85. The molecule has 1 rings (SSSR count). The zero-order chi connectivity index (χ0) is 12.9. The van der Waals surface area contributed by atoms with Gasteiger partial charge in [-0.05, 0) is 18.1 Å². The third-order valence-electron chi connectivity index (χ3n) is 2.46. The fraction of sp³-hybridized carbons (Fsp3) is 0.500. The van der Waals surface area contributed by atoms with Gasteiger partial charge in [0.25, 0.3) is 0 Å². The van der Waals surface area contributed by atoms with Crippen molar-refractivity contribution in [3.63, 3.8) is 0 Å². The van der Waals surface area contributed by atoms with Gasteiger partial charge in [0.2, 0.25) is 0 Å². The Labute approximate surface area is 104 Å². The number of hydrogen-bond donors (Lipinski definition) is 0. The van der Waals surface area contributed by atoms with Crippen LogP contribution in [0.4, 0.5) is 13.2 Å². The van der Waals surface area contributed by atoms with Crippen LogP contribution in [0.2, 0.25) is 0 Å². The van der Waals surface area contributed by atoms with Crippen molar-refractivity contribution in [2.45, 2.75) is 19.6 Å². The molecule has 0 spiro atoms. The molecule has 1 nitrogen and oxygen atoms in total. The molecule has 0 bridgehead atoms. The molecule has 96 valence electrons. The highest BCUT2D eigenvalue weighted by molar-refractivity contribution is 6.18. The standard InChI is InChI=1S/C12H15ClF3N/c1-10-4-2-3-5-11(10)8-17(7-6-13)9-12(14,15)16/h2-5H,6-9H2,1H3. The highest BCUT2D eigenvalue weighted by Crippen LogP contribution is 2.19. The number of alkyl halides is 4. The Kier molecular flexibility index (Phi) is 5.28. The van der Waals surface area contributed by atoms with E-state index in [9.17, 15) is 13.2 Å².